The van der Waals surface area contributed by atoms with Crippen LogP contribution in [0.3, 0.4) is 0 Å². The van der Waals surface area contributed by atoms with Gasteiger partial charge in [0.05, 0.1) is 24.9 Å². The monoisotopic (exact) mass is 343 g/mol. The lowest BCUT2D eigenvalue weighted by Crippen LogP contribution is -3.16. The first-order valence-corrected chi connectivity index (χ1v) is 9.10. The van der Waals surface area contributed by atoms with Crippen molar-refractivity contribution in [1.29, 1.82) is 0 Å². The summed E-state index contributed by atoms with van der Waals surface area (Å²) in [7, 11) is 1.43. The Morgan fingerprint density at radius 1 is 1.33 bits per heavy atom. The van der Waals surface area contributed by atoms with E-state index in [-0.39, 0.29) is 17.1 Å². The van der Waals surface area contributed by atoms with Crippen molar-refractivity contribution in [3.8, 4) is 0 Å². The molecule has 4 rings (SSSR count). The van der Waals surface area contributed by atoms with E-state index in [1.54, 1.807) is 11.8 Å². The van der Waals surface area contributed by atoms with E-state index in [0.29, 0.717) is 13.2 Å². The summed E-state index contributed by atoms with van der Waals surface area (Å²) in [5.74, 6) is 0.784. The third kappa shape index (κ3) is 2.46. The molecular formula is C18H19N2O3S+. The van der Waals surface area contributed by atoms with Gasteiger partial charge in [-0.05, 0) is 17.5 Å². The Morgan fingerprint density at radius 2 is 2.12 bits per heavy atom. The zero-order valence-electron chi connectivity index (χ0n) is 13.5. The highest BCUT2D eigenvalue weighted by molar-refractivity contribution is 8.00. The largest absolute Gasteiger partial charge is 0.468 e. The van der Waals surface area contributed by atoms with Crippen LogP contribution in [0.2, 0.25) is 0 Å². The van der Waals surface area contributed by atoms with E-state index in [1.165, 1.54) is 12.0 Å². The fraction of sp³-hybridized carbons (Fsp3) is 0.333. The number of esters is 1. The number of rotatable bonds is 3. The van der Waals surface area contributed by atoms with Gasteiger partial charge in [0.2, 0.25) is 0 Å². The fourth-order valence-electron chi connectivity index (χ4n) is 3.55. The van der Waals surface area contributed by atoms with Gasteiger partial charge in [-0.2, -0.15) is 0 Å². The highest BCUT2D eigenvalue weighted by atomic mass is 32.2. The van der Waals surface area contributed by atoms with E-state index in [9.17, 15) is 9.59 Å². The molecule has 1 fully saturated rings. The number of thioether (sulfide) groups is 1. The molecule has 0 bridgehead atoms. The quantitative estimate of drug-likeness (QED) is 0.843. The first-order valence-electron chi connectivity index (χ1n) is 8.05. The summed E-state index contributed by atoms with van der Waals surface area (Å²) >= 11 is 1.64. The van der Waals surface area contributed by atoms with Gasteiger partial charge in [-0.3, -0.25) is 14.5 Å². The summed E-state index contributed by atoms with van der Waals surface area (Å²) in [5, 5.41) is 1.99. The van der Waals surface area contributed by atoms with Crippen LogP contribution in [-0.2, 0) is 9.53 Å². The molecule has 0 radical (unpaired) electrons. The van der Waals surface area contributed by atoms with E-state index in [1.807, 2.05) is 41.3 Å². The van der Waals surface area contributed by atoms with Crippen molar-refractivity contribution in [3.05, 3.63) is 42.0 Å². The number of ether oxygens (including phenoxy) is 1. The predicted octanol–water partition coefficient (Wildman–Crippen LogP) is 0.931. The highest BCUT2D eigenvalue weighted by Crippen LogP contribution is 2.36. The minimum absolute atomic E-state index is 0.0575. The van der Waals surface area contributed by atoms with Crippen LogP contribution in [0, 0.1) is 0 Å². The number of hydrogen-bond donors (Lipinski definition) is 1. The number of nitrogens with zero attached hydrogens (tertiary/aromatic N) is 1. The molecule has 2 aromatic carbocycles. The number of amides is 1. The van der Waals surface area contributed by atoms with Gasteiger partial charge in [-0.25, -0.2) is 0 Å². The molecule has 1 unspecified atom stereocenters. The van der Waals surface area contributed by atoms with Gasteiger partial charge >= 0.3 is 5.97 Å². The average molecular weight is 343 g/mol. The normalized spacial score (nSPS) is 22.9. The molecule has 2 aliphatic rings. The smallest absolute Gasteiger partial charge is 0.324 e. The van der Waals surface area contributed by atoms with Crippen LogP contribution in [0.5, 0.6) is 0 Å². The molecule has 2 aliphatic heterocycles. The Bertz CT molecular complexity index is 818. The highest BCUT2D eigenvalue weighted by Gasteiger charge is 2.35. The van der Waals surface area contributed by atoms with Crippen molar-refractivity contribution < 1.29 is 19.2 Å². The summed E-state index contributed by atoms with van der Waals surface area (Å²) in [6.45, 7) is 2.21. The zero-order valence-corrected chi connectivity index (χ0v) is 14.3. The number of hydrogen-bond acceptors (Lipinski definition) is 4. The summed E-state index contributed by atoms with van der Waals surface area (Å²) in [6.07, 6.45) is 0. The maximum absolute atomic E-state index is 12.8. The van der Waals surface area contributed by atoms with Crippen LogP contribution in [0.25, 0.3) is 10.8 Å². The first kappa shape index (κ1) is 15.5. The van der Waals surface area contributed by atoms with Gasteiger partial charge in [-0.15, -0.1) is 11.8 Å². The minimum Gasteiger partial charge on any atom is -0.468 e. The van der Waals surface area contributed by atoms with E-state index in [4.69, 9.17) is 4.74 Å². The Labute approximate surface area is 144 Å². The second-order valence-electron chi connectivity index (χ2n) is 6.16. The molecule has 2 aromatic rings. The minimum atomic E-state index is -0.171. The molecule has 124 valence electrons. The molecule has 1 N–H and O–H groups in total. The summed E-state index contributed by atoms with van der Waals surface area (Å²) in [6, 6.07) is 11.9. The summed E-state index contributed by atoms with van der Waals surface area (Å²) in [4.78, 5) is 27.7. The third-order valence-electron chi connectivity index (χ3n) is 4.74. The van der Waals surface area contributed by atoms with Crippen molar-refractivity contribution in [2.45, 2.75) is 5.25 Å². The summed E-state index contributed by atoms with van der Waals surface area (Å²) < 4.78 is 4.87. The van der Waals surface area contributed by atoms with Crippen molar-refractivity contribution >= 4 is 40.1 Å². The van der Waals surface area contributed by atoms with Crippen LogP contribution in [-0.4, -0.2) is 49.7 Å². The van der Waals surface area contributed by atoms with Crippen LogP contribution in [0.4, 0.5) is 5.69 Å². The second-order valence-corrected chi connectivity index (χ2v) is 7.47. The standard InChI is InChI=1S/C18H18N2O3S/c1-23-18(22)15-10-19(8-9-24-15)11-20-14-7-3-5-12-4-2-6-13(16(12)14)17(20)21/h2-7,15H,8-11H2,1H3/p+1/t15-/m0/s1. The molecular weight excluding hydrogens is 324 g/mol. The van der Waals surface area contributed by atoms with Gasteiger partial charge in [0.25, 0.3) is 5.91 Å². The lowest BCUT2D eigenvalue weighted by atomic mass is 10.1. The number of carbonyl (C=O) groups excluding carboxylic acids is 2. The van der Waals surface area contributed by atoms with Crippen molar-refractivity contribution in [2.24, 2.45) is 0 Å². The fourth-order valence-corrected chi connectivity index (χ4v) is 4.83. The Balaban J connectivity index is 1.59. The molecule has 1 amide bonds. The lowest BCUT2D eigenvalue weighted by Gasteiger charge is -2.31. The number of nitrogens with one attached hydrogen (secondary N) is 1. The topological polar surface area (TPSA) is 51.1 Å². The van der Waals surface area contributed by atoms with Gasteiger partial charge in [-0.1, -0.05) is 24.3 Å². The van der Waals surface area contributed by atoms with E-state index < -0.39 is 0 Å². The molecule has 0 aromatic heterocycles. The molecule has 2 atom stereocenters. The lowest BCUT2D eigenvalue weighted by molar-refractivity contribution is -0.896. The van der Waals surface area contributed by atoms with Crippen LogP contribution < -0.4 is 9.80 Å². The SMILES string of the molecule is COC(=O)[C@@H]1C[NH+](CN2C(=O)c3cccc4cccc2c34)CCS1. The van der Waals surface area contributed by atoms with Crippen LogP contribution in [0.1, 0.15) is 10.4 Å². The van der Waals surface area contributed by atoms with Gasteiger partial charge < -0.3 is 9.64 Å². The molecule has 1 saturated heterocycles. The molecule has 0 saturated carbocycles. The third-order valence-corrected chi connectivity index (χ3v) is 5.94. The average Bonchev–Trinajstić information content (AvgIpc) is 2.89. The van der Waals surface area contributed by atoms with Crippen molar-refractivity contribution in [3.63, 3.8) is 0 Å². The Morgan fingerprint density at radius 3 is 2.92 bits per heavy atom. The van der Waals surface area contributed by atoms with Crippen LogP contribution >= 0.6 is 11.8 Å². The number of quaternary nitrogens is 1. The van der Waals surface area contributed by atoms with E-state index in [0.717, 1.165) is 34.3 Å². The maximum Gasteiger partial charge on any atom is 0.324 e. The number of methoxy groups -OCH3 is 1. The van der Waals surface area contributed by atoms with Gasteiger partial charge in [0.15, 0.2) is 11.9 Å². The number of anilines is 1. The van der Waals surface area contributed by atoms with Crippen LogP contribution in [0.15, 0.2) is 36.4 Å². The second kappa shape index (κ2) is 6.11. The van der Waals surface area contributed by atoms with Gasteiger partial charge in [0.1, 0.15) is 6.54 Å². The maximum atomic E-state index is 12.8. The van der Waals surface area contributed by atoms with Crippen molar-refractivity contribution in [2.75, 3.05) is 37.5 Å². The van der Waals surface area contributed by atoms with Gasteiger partial charge in [0, 0.05) is 11.1 Å². The zero-order chi connectivity index (χ0) is 16.7. The Kier molecular flexibility index (Phi) is 3.94. The Hall–Kier alpha value is -2.05. The summed E-state index contributed by atoms with van der Waals surface area (Å²) in [5.41, 5.74) is 1.76. The van der Waals surface area contributed by atoms with E-state index >= 15 is 0 Å². The molecule has 2 heterocycles. The predicted molar refractivity (Wildman–Crippen MR) is 94.6 cm³/mol. The van der Waals surface area contributed by atoms with E-state index in [2.05, 4.69) is 0 Å². The molecule has 6 heteroatoms. The first-order chi connectivity index (χ1) is 11.7. The molecule has 24 heavy (non-hydrogen) atoms. The number of benzene rings is 2. The molecule has 0 aliphatic carbocycles. The molecule has 5 nitrogen and oxygen atoms in total. The van der Waals surface area contributed by atoms with Crippen molar-refractivity contribution in [1.82, 2.24) is 0 Å². The molecule has 0 spiro atoms. The number of carbonyl (C=O) groups is 2.